The summed E-state index contributed by atoms with van der Waals surface area (Å²) in [7, 11) is 1.32. The summed E-state index contributed by atoms with van der Waals surface area (Å²) in [6.07, 6.45) is 4.88. The first-order valence-corrected chi connectivity index (χ1v) is 5.96. The second-order valence-corrected chi connectivity index (χ2v) is 4.89. The van der Waals surface area contributed by atoms with Crippen LogP contribution in [-0.2, 0) is 14.3 Å². The van der Waals surface area contributed by atoms with E-state index in [0.29, 0.717) is 0 Å². The Hall–Kier alpha value is -1.34. The average Bonchev–Trinajstić information content (AvgIpc) is 2.78. The molecule has 2 rings (SSSR count). The van der Waals surface area contributed by atoms with Crippen LogP contribution in [0.25, 0.3) is 4.85 Å². The van der Waals surface area contributed by atoms with Gasteiger partial charge in [0.25, 0.3) is 5.70 Å². The summed E-state index contributed by atoms with van der Waals surface area (Å²) >= 11 is 0. The molecule has 17 heavy (non-hydrogen) atoms. The van der Waals surface area contributed by atoms with Crippen LogP contribution in [0.5, 0.6) is 0 Å². The first kappa shape index (κ1) is 12.1. The van der Waals surface area contributed by atoms with Gasteiger partial charge >= 0.3 is 5.97 Å². The zero-order valence-electron chi connectivity index (χ0n) is 10.1. The largest absolute Gasteiger partial charge is 0.474 e. The second kappa shape index (κ2) is 4.89. The second-order valence-electron chi connectivity index (χ2n) is 4.89. The number of methoxy groups -OCH3 is 1. The van der Waals surface area contributed by atoms with Gasteiger partial charge in [0, 0.05) is 6.61 Å². The highest BCUT2D eigenvalue weighted by atomic mass is 16.5. The highest BCUT2D eigenvalue weighted by molar-refractivity contribution is 5.91. The van der Waals surface area contributed by atoms with E-state index in [4.69, 9.17) is 11.3 Å². The number of esters is 1. The molecule has 0 radical (unpaired) electrons. The molecule has 4 nitrogen and oxygen atoms in total. The minimum atomic E-state index is -0.494. The molecule has 1 unspecified atom stereocenters. The van der Waals surface area contributed by atoms with Crippen LogP contribution in [0.1, 0.15) is 32.1 Å². The van der Waals surface area contributed by atoms with Gasteiger partial charge in [0.15, 0.2) is 0 Å². The Labute approximate surface area is 101 Å². The topological polar surface area (TPSA) is 39.9 Å². The van der Waals surface area contributed by atoms with Crippen molar-refractivity contribution >= 4 is 5.97 Å². The summed E-state index contributed by atoms with van der Waals surface area (Å²) in [5.41, 5.74) is 1.33. The molecule has 1 saturated carbocycles. The number of ether oxygens (including phenoxy) is 2. The van der Waals surface area contributed by atoms with Gasteiger partial charge in [0.2, 0.25) is 0 Å². The first-order chi connectivity index (χ1) is 8.21. The molecule has 0 amide bonds. The van der Waals surface area contributed by atoms with Gasteiger partial charge in [-0.05, 0) is 31.1 Å². The lowest BCUT2D eigenvalue weighted by atomic mass is 9.71. The van der Waals surface area contributed by atoms with Crippen molar-refractivity contribution in [2.75, 3.05) is 20.3 Å². The van der Waals surface area contributed by atoms with Crippen LogP contribution in [0.2, 0.25) is 0 Å². The predicted molar refractivity (Wildman–Crippen MR) is 62.0 cm³/mol. The van der Waals surface area contributed by atoms with Gasteiger partial charge in [-0.2, -0.15) is 0 Å². The van der Waals surface area contributed by atoms with Crippen molar-refractivity contribution in [3.05, 3.63) is 22.7 Å². The third kappa shape index (κ3) is 2.34. The fourth-order valence-electron chi connectivity index (χ4n) is 2.86. The highest BCUT2D eigenvalue weighted by Crippen LogP contribution is 2.45. The van der Waals surface area contributed by atoms with Gasteiger partial charge in [-0.1, -0.05) is 12.0 Å². The van der Waals surface area contributed by atoms with Gasteiger partial charge in [-0.3, -0.25) is 4.79 Å². The summed E-state index contributed by atoms with van der Waals surface area (Å²) in [5, 5.41) is 0. The summed E-state index contributed by atoms with van der Waals surface area (Å²) in [6, 6.07) is 0. The Bertz CT molecular complexity index is 386. The SMILES string of the molecule is [C-]#[N+]/C(C(=O)OC)=C1\CCCC2(CCOC2)C1. The summed E-state index contributed by atoms with van der Waals surface area (Å²) in [5.74, 6) is -0.494. The monoisotopic (exact) mass is 235 g/mol. The minimum absolute atomic E-state index is 0.178. The van der Waals surface area contributed by atoms with Gasteiger partial charge in [-0.25, -0.2) is 4.85 Å². The molecule has 0 aromatic carbocycles. The van der Waals surface area contributed by atoms with E-state index in [2.05, 4.69) is 9.58 Å². The molecule has 1 aliphatic carbocycles. The molecule has 1 heterocycles. The van der Waals surface area contributed by atoms with Crippen LogP contribution in [0, 0.1) is 12.0 Å². The smallest absolute Gasteiger partial charge is 0.335 e. The van der Waals surface area contributed by atoms with E-state index < -0.39 is 5.97 Å². The van der Waals surface area contributed by atoms with Crippen LogP contribution >= 0.6 is 0 Å². The van der Waals surface area contributed by atoms with Crippen molar-refractivity contribution in [1.82, 2.24) is 0 Å². The van der Waals surface area contributed by atoms with E-state index in [-0.39, 0.29) is 11.1 Å². The molecule has 0 N–H and O–H groups in total. The number of hydrogen-bond donors (Lipinski definition) is 0. The third-order valence-electron chi connectivity index (χ3n) is 3.78. The molecule has 2 aliphatic rings. The van der Waals surface area contributed by atoms with Crippen LogP contribution in [0.4, 0.5) is 0 Å². The average molecular weight is 235 g/mol. The van der Waals surface area contributed by atoms with E-state index in [1.165, 1.54) is 7.11 Å². The molecule has 1 spiro atoms. The number of nitrogens with zero attached hydrogens (tertiary/aromatic N) is 1. The van der Waals surface area contributed by atoms with E-state index in [9.17, 15) is 4.79 Å². The van der Waals surface area contributed by atoms with Crippen molar-refractivity contribution in [1.29, 1.82) is 0 Å². The van der Waals surface area contributed by atoms with E-state index in [1.807, 2.05) is 0 Å². The van der Waals surface area contributed by atoms with Crippen molar-refractivity contribution in [2.24, 2.45) is 5.41 Å². The zero-order chi connectivity index (χ0) is 12.3. The molecule has 1 atom stereocenters. The maximum Gasteiger partial charge on any atom is 0.335 e. The molecule has 92 valence electrons. The Kier molecular flexibility index (Phi) is 3.49. The van der Waals surface area contributed by atoms with E-state index in [1.54, 1.807) is 0 Å². The quantitative estimate of drug-likeness (QED) is 0.398. The molecule has 0 bridgehead atoms. The molecular weight excluding hydrogens is 218 g/mol. The molecular formula is C13H17NO3. The van der Waals surface area contributed by atoms with Crippen molar-refractivity contribution < 1.29 is 14.3 Å². The molecule has 0 aromatic heterocycles. The van der Waals surface area contributed by atoms with Gasteiger partial charge in [0.05, 0.1) is 20.3 Å². The van der Waals surface area contributed by atoms with Crippen molar-refractivity contribution in [3.63, 3.8) is 0 Å². The lowest BCUT2D eigenvalue weighted by Gasteiger charge is -2.33. The number of hydrogen-bond acceptors (Lipinski definition) is 3. The molecule has 1 aliphatic heterocycles. The van der Waals surface area contributed by atoms with Crippen molar-refractivity contribution in [2.45, 2.75) is 32.1 Å². The minimum Gasteiger partial charge on any atom is -0.474 e. The number of carbonyl (C=O) groups excluding carboxylic acids is 1. The number of carbonyl (C=O) groups is 1. The maximum absolute atomic E-state index is 11.5. The summed E-state index contributed by atoms with van der Waals surface area (Å²) < 4.78 is 10.1. The Morgan fingerprint density at radius 1 is 1.53 bits per heavy atom. The zero-order valence-corrected chi connectivity index (χ0v) is 10.1. The maximum atomic E-state index is 11.5. The van der Waals surface area contributed by atoms with Crippen LogP contribution in [0.15, 0.2) is 11.3 Å². The summed E-state index contributed by atoms with van der Waals surface area (Å²) in [4.78, 5) is 14.9. The number of allylic oxidation sites excluding steroid dienone is 1. The normalized spacial score (nSPS) is 31.1. The molecule has 2 fully saturated rings. The summed E-state index contributed by atoms with van der Waals surface area (Å²) in [6.45, 7) is 8.70. The van der Waals surface area contributed by atoms with Crippen LogP contribution < -0.4 is 0 Å². The highest BCUT2D eigenvalue weighted by Gasteiger charge is 2.39. The lowest BCUT2D eigenvalue weighted by molar-refractivity contribution is -0.135. The van der Waals surface area contributed by atoms with Gasteiger partial charge < -0.3 is 9.47 Å². The molecule has 1 saturated heterocycles. The van der Waals surface area contributed by atoms with Crippen molar-refractivity contribution in [3.8, 4) is 0 Å². The van der Waals surface area contributed by atoms with E-state index >= 15 is 0 Å². The third-order valence-corrected chi connectivity index (χ3v) is 3.78. The molecule has 0 aromatic rings. The Morgan fingerprint density at radius 3 is 2.94 bits per heavy atom. The fraction of sp³-hybridized carbons (Fsp3) is 0.692. The standard InChI is InChI=1S/C13H17NO3/c1-14-11(12(15)16-2)10-4-3-5-13(8-10)6-7-17-9-13/h3-9H2,2H3/b11-10+. The van der Waals surface area contributed by atoms with Crippen LogP contribution in [-0.4, -0.2) is 26.3 Å². The fourth-order valence-corrected chi connectivity index (χ4v) is 2.86. The van der Waals surface area contributed by atoms with Gasteiger partial charge in [0.1, 0.15) is 0 Å². The predicted octanol–water partition coefficient (Wildman–Crippen LogP) is 2.31. The van der Waals surface area contributed by atoms with E-state index in [0.717, 1.165) is 50.9 Å². The Morgan fingerprint density at radius 2 is 2.35 bits per heavy atom. The lowest BCUT2D eigenvalue weighted by Crippen LogP contribution is -2.26. The number of rotatable bonds is 1. The van der Waals surface area contributed by atoms with Crippen LogP contribution in [0.3, 0.4) is 0 Å². The first-order valence-electron chi connectivity index (χ1n) is 5.96. The Balaban J connectivity index is 2.23. The van der Waals surface area contributed by atoms with Gasteiger partial charge in [-0.15, -0.1) is 0 Å². The molecule has 4 heteroatoms.